The van der Waals surface area contributed by atoms with Gasteiger partial charge in [-0.05, 0) is 30.2 Å². The molecule has 0 unspecified atom stereocenters. The van der Waals surface area contributed by atoms with Crippen LogP contribution in [0.25, 0.3) is 0 Å². The largest absolute Gasteiger partial charge is 0.416 e. The lowest BCUT2D eigenvalue weighted by Crippen LogP contribution is -2.47. The molecule has 152 valence electrons. The molecule has 0 radical (unpaired) electrons. The number of nitrogens with one attached hydrogen (secondary N) is 1. The number of hydrogen-bond acceptors (Lipinski definition) is 4. The van der Waals surface area contributed by atoms with Crippen LogP contribution < -0.4 is 5.32 Å². The van der Waals surface area contributed by atoms with Crippen molar-refractivity contribution >= 4 is 17.8 Å². The van der Waals surface area contributed by atoms with Gasteiger partial charge in [0.05, 0.1) is 18.0 Å². The zero-order chi connectivity index (χ0) is 21.0. The van der Waals surface area contributed by atoms with Gasteiger partial charge >= 0.3 is 6.18 Å². The summed E-state index contributed by atoms with van der Waals surface area (Å²) >= 11 is 0. The van der Waals surface area contributed by atoms with E-state index >= 15 is 0 Å². The summed E-state index contributed by atoms with van der Waals surface area (Å²) in [5, 5.41) is 2.28. The van der Waals surface area contributed by atoms with Gasteiger partial charge in [-0.1, -0.05) is 0 Å². The van der Waals surface area contributed by atoms with E-state index in [-0.39, 0.29) is 30.0 Å². The number of fused-ring (bicyclic) bond motifs is 2. The van der Waals surface area contributed by atoms with Crippen molar-refractivity contribution in [2.24, 2.45) is 0 Å². The predicted molar refractivity (Wildman–Crippen MR) is 89.2 cm³/mol. The quantitative estimate of drug-likeness (QED) is 0.787. The van der Waals surface area contributed by atoms with E-state index in [9.17, 15) is 31.5 Å². The number of hydrogen-bond donors (Lipinski definition) is 1. The standard InChI is InChI=1S/C18H13F5N4O2/c19-10-5-24-16(25-6-10)26-14(28)7-27-8-17(4-13(17)20)12-3-9(18(21,22)23)1-2-11(12)15(27)29/h1-3,5-6,13H,4,7-8H2,(H,24,25,26,28)/t13-,17-/m1/s1. The van der Waals surface area contributed by atoms with Crippen LogP contribution in [0.3, 0.4) is 0 Å². The van der Waals surface area contributed by atoms with Crippen molar-refractivity contribution in [2.45, 2.75) is 24.2 Å². The fourth-order valence-electron chi connectivity index (χ4n) is 3.53. The number of rotatable bonds is 3. The maximum absolute atomic E-state index is 14.2. The van der Waals surface area contributed by atoms with E-state index in [2.05, 4.69) is 15.3 Å². The van der Waals surface area contributed by atoms with Crippen LogP contribution in [0, 0.1) is 5.82 Å². The molecule has 0 bridgehead atoms. The van der Waals surface area contributed by atoms with E-state index in [1.165, 1.54) is 0 Å². The van der Waals surface area contributed by atoms with Crippen molar-refractivity contribution in [3.8, 4) is 0 Å². The number of aromatic nitrogens is 2. The molecule has 4 rings (SSSR count). The smallest absolute Gasteiger partial charge is 0.328 e. The number of anilines is 1. The Labute approximate surface area is 160 Å². The van der Waals surface area contributed by atoms with E-state index in [1.807, 2.05) is 0 Å². The third-order valence-corrected chi connectivity index (χ3v) is 5.06. The molecule has 1 aliphatic heterocycles. The van der Waals surface area contributed by atoms with Gasteiger partial charge in [0.25, 0.3) is 5.91 Å². The summed E-state index contributed by atoms with van der Waals surface area (Å²) in [6.07, 6.45) is -4.38. The molecule has 1 spiro atoms. The average molecular weight is 412 g/mol. The van der Waals surface area contributed by atoms with Crippen molar-refractivity contribution < 1.29 is 31.5 Å². The first kappa shape index (κ1) is 19.2. The molecule has 1 fully saturated rings. The Kier molecular flexibility index (Phi) is 4.28. The van der Waals surface area contributed by atoms with Crippen LogP contribution in [0.15, 0.2) is 30.6 Å². The molecule has 1 aromatic heterocycles. The predicted octanol–water partition coefficient (Wildman–Crippen LogP) is 2.71. The topological polar surface area (TPSA) is 75.2 Å². The van der Waals surface area contributed by atoms with Gasteiger partial charge in [0, 0.05) is 17.5 Å². The SMILES string of the molecule is O=C(CN1C[C@]2(C[C@H]2F)c2cc(C(F)(F)F)ccc2C1=O)Nc1ncc(F)cn1. The third-order valence-electron chi connectivity index (χ3n) is 5.06. The number of alkyl halides is 4. The normalized spacial score (nSPS) is 23.1. The second kappa shape index (κ2) is 6.46. The lowest BCUT2D eigenvalue weighted by molar-refractivity contribution is -0.137. The molecule has 1 saturated carbocycles. The van der Waals surface area contributed by atoms with Gasteiger partial charge in [-0.25, -0.2) is 18.7 Å². The van der Waals surface area contributed by atoms with Gasteiger partial charge < -0.3 is 4.90 Å². The van der Waals surface area contributed by atoms with Crippen molar-refractivity contribution in [1.82, 2.24) is 14.9 Å². The highest BCUT2D eigenvalue weighted by atomic mass is 19.4. The van der Waals surface area contributed by atoms with Crippen molar-refractivity contribution in [3.63, 3.8) is 0 Å². The highest BCUT2D eigenvalue weighted by Crippen LogP contribution is 2.55. The van der Waals surface area contributed by atoms with E-state index in [1.54, 1.807) is 0 Å². The maximum atomic E-state index is 14.2. The summed E-state index contributed by atoms with van der Waals surface area (Å²) in [6.45, 7) is -0.701. The first-order valence-corrected chi connectivity index (χ1v) is 8.53. The van der Waals surface area contributed by atoms with Crippen molar-refractivity contribution in [2.75, 3.05) is 18.4 Å². The number of carbonyl (C=O) groups excluding carboxylic acids is 2. The number of carbonyl (C=O) groups is 2. The number of benzene rings is 1. The fraction of sp³-hybridized carbons (Fsp3) is 0.333. The summed E-state index contributed by atoms with van der Waals surface area (Å²) in [7, 11) is 0. The Morgan fingerprint density at radius 2 is 1.93 bits per heavy atom. The molecule has 2 heterocycles. The van der Waals surface area contributed by atoms with Crippen LogP contribution in [0.2, 0.25) is 0 Å². The lowest BCUT2D eigenvalue weighted by Gasteiger charge is -2.34. The molecular weight excluding hydrogens is 399 g/mol. The summed E-state index contributed by atoms with van der Waals surface area (Å²) < 4.78 is 66.1. The third kappa shape index (κ3) is 3.40. The second-order valence-corrected chi connectivity index (χ2v) is 7.02. The minimum absolute atomic E-state index is 0.0170. The van der Waals surface area contributed by atoms with E-state index in [4.69, 9.17) is 0 Å². The molecule has 1 aromatic carbocycles. The van der Waals surface area contributed by atoms with Crippen LogP contribution in [0.1, 0.15) is 27.9 Å². The summed E-state index contributed by atoms with van der Waals surface area (Å²) in [4.78, 5) is 33.1. The van der Waals surface area contributed by atoms with Crippen LogP contribution >= 0.6 is 0 Å². The Morgan fingerprint density at radius 3 is 2.52 bits per heavy atom. The van der Waals surface area contributed by atoms with Gasteiger partial charge in [-0.15, -0.1) is 0 Å². The van der Waals surface area contributed by atoms with Crippen molar-refractivity contribution in [3.05, 3.63) is 53.1 Å². The molecular formula is C18H13F5N4O2. The van der Waals surface area contributed by atoms with Crippen LogP contribution in [0.4, 0.5) is 27.9 Å². The molecule has 2 atom stereocenters. The molecule has 1 N–H and O–H groups in total. The minimum atomic E-state index is -4.62. The van der Waals surface area contributed by atoms with Crippen molar-refractivity contribution in [1.29, 1.82) is 0 Å². The van der Waals surface area contributed by atoms with E-state index in [0.29, 0.717) is 0 Å². The maximum Gasteiger partial charge on any atom is 0.416 e. The highest BCUT2D eigenvalue weighted by molar-refractivity contribution is 6.01. The molecule has 0 saturated heterocycles. The molecule has 6 nitrogen and oxygen atoms in total. The fourth-order valence-corrected chi connectivity index (χ4v) is 3.53. The lowest BCUT2D eigenvalue weighted by atomic mass is 9.85. The van der Waals surface area contributed by atoms with Gasteiger partial charge in [-0.3, -0.25) is 14.9 Å². The first-order chi connectivity index (χ1) is 13.6. The Morgan fingerprint density at radius 1 is 1.28 bits per heavy atom. The minimum Gasteiger partial charge on any atom is -0.328 e. The molecule has 2 aliphatic rings. The average Bonchev–Trinajstić information content (AvgIpc) is 3.30. The Hall–Kier alpha value is -3.11. The molecule has 2 amide bonds. The number of amides is 2. The van der Waals surface area contributed by atoms with Crippen LogP contribution in [-0.4, -0.2) is 45.9 Å². The summed E-state index contributed by atoms with van der Waals surface area (Å²) in [5.74, 6) is -2.26. The number of nitrogens with zero attached hydrogens (tertiary/aromatic N) is 3. The zero-order valence-electron chi connectivity index (χ0n) is 14.6. The van der Waals surface area contributed by atoms with E-state index in [0.717, 1.165) is 35.5 Å². The molecule has 2 aromatic rings. The Balaban J connectivity index is 1.58. The van der Waals surface area contributed by atoms with Gasteiger partial charge in [-0.2, -0.15) is 13.2 Å². The van der Waals surface area contributed by atoms with Gasteiger partial charge in [0.1, 0.15) is 12.7 Å². The number of halogens is 5. The molecule has 29 heavy (non-hydrogen) atoms. The van der Waals surface area contributed by atoms with Gasteiger partial charge in [0.2, 0.25) is 11.9 Å². The van der Waals surface area contributed by atoms with Gasteiger partial charge in [0.15, 0.2) is 5.82 Å². The van der Waals surface area contributed by atoms with E-state index < -0.39 is 47.5 Å². The second-order valence-electron chi connectivity index (χ2n) is 7.02. The molecule has 11 heteroatoms. The Bertz CT molecular complexity index is 995. The van der Waals surface area contributed by atoms with Crippen LogP contribution in [-0.2, 0) is 16.4 Å². The first-order valence-electron chi connectivity index (χ1n) is 8.53. The monoisotopic (exact) mass is 412 g/mol. The summed E-state index contributed by atoms with van der Waals surface area (Å²) in [6, 6.07) is 2.59. The summed E-state index contributed by atoms with van der Waals surface area (Å²) in [5.41, 5.74) is -2.25. The molecule has 1 aliphatic carbocycles. The van der Waals surface area contributed by atoms with Crippen LogP contribution in [0.5, 0.6) is 0 Å². The zero-order valence-corrected chi connectivity index (χ0v) is 14.6. The highest BCUT2D eigenvalue weighted by Gasteiger charge is 2.61.